The first kappa shape index (κ1) is 16.9. The van der Waals surface area contributed by atoms with E-state index in [0.29, 0.717) is 13.1 Å². The van der Waals surface area contributed by atoms with E-state index in [2.05, 4.69) is 0 Å². The Kier molecular flexibility index (Phi) is 5.28. The van der Waals surface area contributed by atoms with E-state index < -0.39 is 17.5 Å². The molecule has 2 rings (SSSR count). The third-order valence-electron chi connectivity index (χ3n) is 3.42. The summed E-state index contributed by atoms with van der Waals surface area (Å²) in [5, 5.41) is 10.9. The van der Waals surface area contributed by atoms with Crippen LogP contribution in [0.2, 0.25) is 0 Å². The van der Waals surface area contributed by atoms with Crippen LogP contribution in [0.4, 0.5) is 5.69 Å². The fourth-order valence-corrected chi connectivity index (χ4v) is 2.48. The van der Waals surface area contributed by atoms with Crippen molar-refractivity contribution in [1.29, 1.82) is 0 Å². The number of carbonyl (C=O) groups excluding carboxylic acids is 2. The number of ether oxygens (including phenoxy) is 2. The van der Waals surface area contributed by atoms with Gasteiger partial charge in [0, 0.05) is 19.2 Å². The van der Waals surface area contributed by atoms with Gasteiger partial charge in [-0.25, -0.2) is 4.79 Å². The van der Waals surface area contributed by atoms with Gasteiger partial charge >= 0.3 is 5.97 Å². The van der Waals surface area contributed by atoms with Crippen molar-refractivity contribution < 1.29 is 24.0 Å². The van der Waals surface area contributed by atoms with Gasteiger partial charge in [-0.1, -0.05) is 12.1 Å². The minimum absolute atomic E-state index is 0.0892. The van der Waals surface area contributed by atoms with Crippen molar-refractivity contribution in [1.82, 2.24) is 4.90 Å². The minimum Gasteiger partial charge on any atom is -0.452 e. The summed E-state index contributed by atoms with van der Waals surface area (Å²) >= 11 is 0. The zero-order valence-corrected chi connectivity index (χ0v) is 12.9. The van der Waals surface area contributed by atoms with Crippen molar-refractivity contribution >= 4 is 17.6 Å². The third-order valence-corrected chi connectivity index (χ3v) is 3.42. The Morgan fingerprint density at radius 1 is 1.30 bits per heavy atom. The molecule has 0 aromatic heterocycles. The summed E-state index contributed by atoms with van der Waals surface area (Å²) in [5.41, 5.74) is -0.521. The molecule has 8 nitrogen and oxygen atoms in total. The lowest BCUT2D eigenvalue weighted by molar-refractivity contribution is -0.385. The van der Waals surface area contributed by atoms with Gasteiger partial charge in [0.15, 0.2) is 6.61 Å². The topological polar surface area (TPSA) is 99.0 Å². The molecule has 0 radical (unpaired) electrons. The van der Waals surface area contributed by atoms with E-state index in [1.165, 1.54) is 24.3 Å². The molecule has 0 bridgehead atoms. The van der Waals surface area contributed by atoms with Gasteiger partial charge in [-0.2, -0.15) is 0 Å². The van der Waals surface area contributed by atoms with Crippen LogP contribution in [0.1, 0.15) is 24.2 Å². The van der Waals surface area contributed by atoms with Crippen LogP contribution in [0.5, 0.6) is 0 Å². The highest BCUT2D eigenvalue weighted by molar-refractivity contribution is 5.95. The van der Waals surface area contributed by atoms with Gasteiger partial charge in [-0.3, -0.25) is 14.9 Å². The predicted octanol–water partition coefficient (Wildman–Crippen LogP) is 1.39. The van der Waals surface area contributed by atoms with Crippen molar-refractivity contribution in [2.45, 2.75) is 26.1 Å². The quantitative estimate of drug-likeness (QED) is 0.472. The number of morpholine rings is 1. The highest BCUT2D eigenvalue weighted by Gasteiger charge is 2.27. The van der Waals surface area contributed by atoms with Gasteiger partial charge in [0.2, 0.25) is 0 Å². The zero-order chi connectivity index (χ0) is 17.0. The summed E-state index contributed by atoms with van der Waals surface area (Å²) in [6.45, 7) is 4.10. The van der Waals surface area contributed by atoms with Gasteiger partial charge in [0.05, 0.1) is 17.1 Å². The van der Waals surface area contributed by atoms with E-state index in [1.807, 2.05) is 13.8 Å². The summed E-state index contributed by atoms with van der Waals surface area (Å²) in [6, 6.07) is 5.46. The van der Waals surface area contributed by atoms with E-state index in [9.17, 15) is 19.7 Å². The van der Waals surface area contributed by atoms with Crippen LogP contribution >= 0.6 is 0 Å². The molecule has 2 atom stereocenters. The van der Waals surface area contributed by atoms with Crippen LogP contribution in [0, 0.1) is 10.1 Å². The van der Waals surface area contributed by atoms with Crippen LogP contribution in [-0.4, -0.2) is 53.6 Å². The second-order valence-electron chi connectivity index (χ2n) is 5.41. The van der Waals surface area contributed by atoms with Gasteiger partial charge in [0.1, 0.15) is 5.56 Å². The first-order valence-corrected chi connectivity index (χ1v) is 7.22. The largest absolute Gasteiger partial charge is 0.452 e. The second kappa shape index (κ2) is 7.19. The standard InChI is InChI=1S/C15H18N2O6/c1-10-7-16(8-11(2)23-10)14(18)9-22-15(19)12-5-3-4-6-13(12)17(20)21/h3-6,10-11H,7-9H2,1-2H3/t10-,11+. The molecule has 124 valence electrons. The summed E-state index contributed by atoms with van der Waals surface area (Å²) in [6.07, 6.45) is -0.178. The molecule has 0 unspecified atom stereocenters. The molecule has 0 N–H and O–H groups in total. The molecule has 8 heteroatoms. The maximum atomic E-state index is 12.1. The lowest BCUT2D eigenvalue weighted by Gasteiger charge is -2.35. The average Bonchev–Trinajstić information content (AvgIpc) is 2.51. The maximum Gasteiger partial charge on any atom is 0.345 e. The molecule has 1 saturated heterocycles. The Balaban J connectivity index is 1.97. The first-order chi connectivity index (χ1) is 10.9. The molecule has 0 aliphatic carbocycles. The van der Waals surface area contributed by atoms with Gasteiger partial charge < -0.3 is 14.4 Å². The van der Waals surface area contributed by atoms with Crippen LogP contribution in [0.25, 0.3) is 0 Å². The number of hydrogen-bond donors (Lipinski definition) is 0. The van der Waals surface area contributed by atoms with Gasteiger partial charge in [-0.15, -0.1) is 0 Å². The Morgan fingerprint density at radius 3 is 2.52 bits per heavy atom. The smallest absolute Gasteiger partial charge is 0.345 e. The SMILES string of the molecule is C[C@@H]1CN(C(=O)COC(=O)c2ccccc2[N+](=O)[O-])C[C@H](C)O1. The monoisotopic (exact) mass is 322 g/mol. The molecule has 1 aliphatic rings. The number of carbonyl (C=O) groups is 2. The second-order valence-corrected chi connectivity index (χ2v) is 5.41. The molecule has 23 heavy (non-hydrogen) atoms. The molecule has 1 amide bonds. The summed E-state index contributed by atoms with van der Waals surface area (Å²) in [4.78, 5) is 35.9. The van der Waals surface area contributed by atoms with Gasteiger partial charge in [0.25, 0.3) is 11.6 Å². The molecule has 1 aromatic rings. The zero-order valence-electron chi connectivity index (χ0n) is 12.9. The van der Waals surface area contributed by atoms with Crippen LogP contribution in [0.15, 0.2) is 24.3 Å². The summed E-state index contributed by atoms with van der Waals surface area (Å²) < 4.78 is 10.5. The Labute approximate surface area is 133 Å². The van der Waals surface area contributed by atoms with Crippen LogP contribution < -0.4 is 0 Å². The Bertz CT molecular complexity index is 608. The van der Waals surface area contributed by atoms with Crippen LogP contribution in [0.3, 0.4) is 0 Å². The van der Waals surface area contributed by atoms with Crippen molar-refractivity contribution in [3.63, 3.8) is 0 Å². The van der Waals surface area contributed by atoms with Crippen LogP contribution in [-0.2, 0) is 14.3 Å². The number of benzene rings is 1. The lowest BCUT2D eigenvalue weighted by Crippen LogP contribution is -2.49. The third kappa shape index (κ3) is 4.26. The molecule has 1 aromatic carbocycles. The first-order valence-electron chi connectivity index (χ1n) is 7.22. The molecule has 0 saturated carbocycles. The Morgan fingerprint density at radius 2 is 1.91 bits per heavy atom. The highest BCUT2D eigenvalue weighted by Crippen LogP contribution is 2.18. The number of rotatable bonds is 4. The highest BCUT2D eigenvalue weighted by atomic mass is 16.6. The maximum absolute atomic E-state index is 12.1. The average molecular weight is 322 g/mol. The predicted molar refractivity (Wildman–Crippen MR) is 80.0 cm³/mol. The number of nitro groups is 1. The summed E-state index contributed by atoms with van der Waals surface area (Å²) in [5.74, 6) is -1.24. The molecule has 1 aliphatic heterocycles. The fourth-order valence-electron chi connectivity index (χ4n) is 2.48. The summed E-state index contributed by atoms with van der Waals surface area (Å²) in [7, 11) is 0. The van der Waals surface area contributed by atoms with E-state index >= 15 is 0 Å². The Hall–Kier alpha value is -2.48. The number of nitro benzene ring substituents is 1. The minimum atomic E-state index is -0.889. The van der Waals surface area contributed by atoms with Crippen molar-refractivity contribution in [2.75, 3.05) is 19.7 Å². The number of nitrogens with zero attached hydrogens (tertiary/aromatic N) is 2. The van der Waals surface area contributed by atoms with Gasteiger partial charge in [-0.05, 0) is 19.9 Å². The van der Waals surface area contributed by atoms with Crippen molar-refractivity contribution in [3.05, 3.63) is 39.9 Å². The molecule has 0 spiro atoms. The number of para-hydroxylation sites is 1. The number of esters is 1. The molecule has 1 fully saturated rings. The number of amides is 1. The molecule has 1 heterocycles. The normalized spacial score (nSPS) is 20.9. The van der Waals surface area contributed by atoms with E-state index in [-0.39, 0.29) is 29.4 Å². The van der Waals surface area contributed by atoms with E-state index in [4.69, 9.17) is 9.47 Å². The number of hydrogen-bond acceptors (Lipinski definition) is 6. The molecular formula is C15H18N2O6. The fraction of sp³-hybridized carbons (Fsp3) is 0.467. The van der Waals surface area contributed by atoms with E-state index in [1.54, 1.807) is 4.90 Å². The van der Waals surface area contributed by atoms with Crippen molar-refractivity contribution in [2.24, 2.45) is 0 Å². The lowest BCUT2D eigenvalue weighted by atomic mass is 10.2. The van der Waals surface area contributed by atoms with Crippen molar-refractivity contribution in [3.8, 4) is 0 Å². The van der Waals surface area contributed by atoms with E-state index in [0.717, 1.165) is 0 Å². The molecular weight excluding hydrogens is 304 g/mol.